The zero-order valence-corrected chi connectivity index (χ0v) is 20.9. The van der Waals surface area contributed by atoms with Gasteiger partial charge in [-0.1, -0.05) is 68.9 Å². The maximum absolute atomic E-state index is 13.0. The van der Waals surface area contributed by atoms with E-state index >= 15 is 0 Å². The molecule has 8 heteroatoms. The highest BCUT2D eigenvalue weighted by molar-refractivity contribution is 9.10. The van der Waals surface area contributed by atoms with Crippen molar-refractivity contribution in [3.05, 3.63) is 62.0 Å². The summed E-state index contributed by atoms with van der Waals surface area (Å²) in [6, 6.07) is 12.2. The highest BCUT2D eigenvalue weighted by Crippen LogP contribution is 2.27. The fraction of sp³-hybridized carbons (Fsp3) is 0.364. The molecular weight excluding hydrogens is 536 g/mol. The predicted molar refractivity (Wildman–Crippen MR) is 127 cm³/mol. The van der Waals surface area contributed by atoms with Crippen LogP contribution in [0.3, 0.4) is 0 Å². The molecule has 5 nitrogen and oxygen atoms in total. The number of ether oxygens (including phenoxy) is 1. The van der Waals surface area contributed by atoms with Crippen molar-refractivity contribution < 1.29 is 14.3 Å². The van der Waals surface area contributed by atoms with Crippen LogP contribution in [0.25, 0.3) is 0 Å². The van der Waals surface area contributed by atoms with E-state index in [1.54, 1.807) is 25.1 Å². The first-order valence-electron chi connectivity index (χ1n) is 9.71. The lowest BCUT2D eigenvalue weighted by Crippen LogP contribution is -2.49. The standard InChI is InChI=1S/C22H25Br2ClN2O3/c1-3-4-11-26-22(29)15(2)27(13-16-5-7-17(23)8-6-16)21(28)14-30-20-10-9-18(24)12-19(20)25/h5-10,12,15H,3-4,11,13-14H2,1-2H3,(H,26,29). The molecule has 0 bridgehead atoms. The van der Waals surface area contributed by atoms with Gasteiger partial charge in [0.2, 0.25) is 5.91 Å². The number of halogens is 3. The SMILES string of the molecule is CCCCNC(=O)C(C)N(Cc1ccc(Br)cc1)C(=O)COc1ccc(Br)cc1Cl. The number of carbonyl (C=O) groups excluding carboxylic acids is 2. The minimum absolute atomic E-state index is 0.185. The number of benzene rings is 2. The van der Waals surface area contributed by atoms with Crippen LogP contribution in [-0.4, -0.2) is 35.9 Å². The molecule has 30 heavy (non-hydrogen) atoms. The van der Waals surface area contributed by atoms with Crippen LogP contribution >= 0.6 is 43.5 Å². The molecule has 0 saturated carbocycles. The summed E-state index contributed by atoms with van der Waals surface area (Å²) in [6.07, 6.45) is 1.88. The molecule has 1 N–H and O–H groups in total. The van der Waals surface area contributed by atoms with Gasteiger partial charge in [-0.25, -0.2) is 0 Å². The Balaban J connectivity index is 2.12. The normalized spacial score (nSPS) is 11.6. The van der Waals surface area contributed by atoms with Crippen LogP contribution in [0.15, 0.2) is 51.4 Å². The number of amides is 2. The van der Waals surface area contributed by atoms with Gasteiger partial charge in [-0.15, -0.1) is 0 Å². The largest absolute Gasteiger partial charge is 0.482 e. The molecule has 1 atom stereocenters. The summed E-state index contributed by atoms with van der Waals surface area (Å²) in [4.78, 5) is 27.1. The molecule has 1 unspecified atom stereocenters. The smallest absolute Gasteiger partial charge is 0.261 e. The van der Waals surface area contributed by atoms with E-state index in [0.29, 0.717) is 23.9 Å². The number of unbranched alkanes of at least 4 members (excludes halogenated alkanes) is 1. The van der Waals surface area contributed by atoms with Crippen LogP contribution in [-0.2, 0) is 16.1 Å². The fourth-order valence-electron chi connectivity index (χ4n) is 2.72. The zero-order valence-electron chi connectivity index (χ0n) is 17.0. The Bertz CT molecular complexity index is 862. The molecule has 2 aromatic rings. The average Bonchev–Trinajstić information content (AvgIpc) is 2.72. The van der Waals surface area contributed by atoms with Gasteiger partial charge in [0, 0.05) is 22.0 Å². The van der Waals surface area contributed by atoms with Crippen molar-refractivity contribution in [3.8, 4) is 5.75 Å². The molecule has 0 fully saturated rings. The van der Waals surface area contributed by atoms with Gasteiger partial charge in [0.1, 0.15) is 11.8 Å². The Morgan fingerprint density at radius 2 is 1.80 bits per heavy atom. The zero-order chi connectivity index (χ0) is 22.1. The lowest BCUT2D eigenvalue weighted by atomic mass is 10.1. The maximum Gasteiger partial charge on any atom is 0.261 e. The third-order valence-electron chi connectivity index (χ3n) is 4.51. The van der Waals surface area contributed by atoms with Crippen molar-refractivity contribution in [3.63, 3.8) is 0 Å². The summed E-state index contributed by atoms with van der Waals surface area (Å²) in [7, 11) is 0. The molecule has 0 aliphatic carbocycles. The van der Waals surface area contributed by atoms with Gasteiger partial charge in [0.25, 0.3) is 5.91 Å². The summed E-state index contributed by atoms with van der Waals surface area (Å²) in [5.41, 5.74) is 0.918. The van der Waals surface area contributed by atoms with Crippen LogP contribution in [0.5, 0.6) is 5.75 Å². The summed E-state index contributed by atoms with van der Waals surface area (Å²) < 4.78 is 7.40. The van der Waals surface area contributed by atoms with Gasteiger partial charge in [-0.2, -0.15) is 0 Å². The fourth-order valence-corrected chi connectivity index (χ4v) is 3.71. The molecule has 2 amide bonds. The van der Waals surface area contributed by atoms with E-state index in [2.05, 4.69) is 44.1 Å². The molecule has 0 radical (unpaired) electrons. The maximum atomic E-state index is 13.0. The van der Waals surface area contributed by atoms with E-state index in [-0.39, 0.29) is 18.4 Å². The Morgan fingerprint density at radius 1 is 1.13 bits per heavy atom. The van der Waals surface area contributed by atoms with Gasteiger partial charge in [0.05, 0.1) is 5.02 Å². The average molecular weight is 561 g/mol. The van der Waals surface area contributed by atoms with Crippen LogP contribution in [0, 0.1) is 0 Å². The predicted octanol–water partition coefficient (Wildman–Crippen LogP) is 5.58. The summed E-state index contributed by atoms with van der Waals surface area (Å²) in [6.45, 7) is 4.45. The molecule has 2 aromatic carbocycles. The lowest BCUT2D eigenvalue weighted by molar-refractivity contribution is -0.142. The van der Waals surface area contributed by atoms with Crippen molar-refractivity contribution >= 4 is 55.3 Å². The second-order valence-electron chi connectivity index (χ2n) is 6.83. The molecule has 2 rings (SSSR count). The van der Waals surface area contributed by atoms with Crippen LogP contribution in [0.1, 0.15) is 32.3 Å². The number of hydrogen-bond acceptors (Lipinski definition) is 3. The van der Waals surface area contributed by atoms with Crippen molar-refractivity contribution in [2.24, 2.45) is 0 Å². The number of carbonyl (C=O) groups is 2. The number of nitrogens with zero attached hydrogens (tertiary/aromatic N) is 1. The monoisotopic (exact) mass is 558 g/mol. The van der Waals surface area contributed by atoms with Crippen molar-refractivity contribution in [2.45, 2.75) is 39.3 Å². The summed E-state index contributed by atoms with van der Waals surface area (Å²) in [5, 5.41) is 3.30. The topological polar surface area (TPSA) is 58.6 Å². The highest BCUT2D eigenvalue weighted by atomic mass is 79.9. The highest BCUT2D eigenvalue weighted by Gasteiger charge is 2.26. The minimum Gasteiger partial charge on any atom is -0.482 e. The molecule has 0 saturated heterocycles. The Labute approximate surface area is 199 Å². The van der Waals surface area contributed by atoms with Gasteiger partial charge in [-0.05, 0) is 49.2 Å². The molecule has 162 valence electrons. The van der Waals surface area contributed by atoms with E-state index in [0.717, 1.165) is 27.4 Å². The van der Waals surface area contributed by atoms with E-state index in [1.807, 2.05) is 24.3 Å². The molecule has 0 heterocycles. The second kappa shape index (κ2) is 12.3. The minimum atomic E-state index is -0.637. The van der Waals surface area contributed by atoms with E-state index in [1.165, 1.54) is 4.90 Å². The Kier molecular flexibility index (Phi) is 10.1. The quantitative estimate of drug-likeness (QED) is 0.386. The molecular formula is C22H25Br2ClN2O3. The Hall–Kier alpha value is -1.57. The number of hydrogen-bond donors (Lipinski definition) is 1. The van der Waals surface area contributed by atoms with Crippen molar-refractivity contribution in [2.75, 3.05) is 13.2 Å². The van der Waals surface area contributed by atoms with Crippen molar-refractivity contribution in [1.82, 2.24) is 10.2 Å². The second-order valence-corrected chi connectivity index (χ2v) is 9.07. The first-order chi connectivity index (χ1) is 14.3. The summed E-state index contributed by atoms with van der Waals surface area (Å²) >= 11 is 12.9. The van der Waals surface area contributed by atoms with Gasteiger partial charge < -0.3 is 15.0 Å². The third kappa shape index (κ3) is 7.60. The Morgan fingerprint density at radius 3 is 2.43 bits per heavy atom. The van der Waals surface area contributed by atoms with Crippen LogP contribution in [0.2, 0.25) is 5.02 Å². The summed E-state index contributed by atoms with van der Waals surface area (Å²) in [5.74, 6) is -0.0671. The number of nitrogens with one attached hydrogen (secondary N) is 1. The van der Waals surface area contributed by atoms with E-state index in [4.69, 9.17) is 16.3 Å². The van der Waals surface area contributed by atoms with E-state index in [9.17, 15) is 9.59 Å². The lowest BCUT2D eigenvalue weighted by Gasteiger charge is -2.29. The van der Waals surface area contributed by atoms with Gasteiger partial charge in [-0.3, -0.25) is 9.59 Å². The number of rotatable bonds is 10. The van der Waals surface area contributed by atoms with Crippen LogP contribution < -0.4 is 10.1 Å². The molecule has 0 aromatic heterocycles. The van der Waals surface area contributed by atoms with Gasteiger partial charge >= 0.3 is 0 Å². The first-order valence-corrected chi connectivity index (χ1v) is 11.7. The van der Waals surface area contributed by atoms with Crippen LogP contribution in [0.4, 0.5) is 0 Å². The van der Waals surface area contributed by atoms with E-state index < -0.39 is 6.04 Å². The molecule has 0 aliphatic heterocycles. The molecule has 0 aliphatic rings. The van der Waals surface area contributed by atoms with Gasteiger partial charge in [0.15, 0.2) is 6.61 Å². The third-order valence-corrected chi connectivity index (χ3v) is 5.83. The molecule has 0 spiro atoms. The van der Waals surface area contributed by atoms with Crippen molar-refractivity contribution in [1.29, 1.82) is 0 Å². The first kappa shape index (κ1) is 24.7.